The molecule has 0 radical (unpaired) electrons. The van der Waals surface area contributed by atoms with Gasteiger partial charge in [0.05, 0.1) is 11.8 Å². The summed E-state index contributed by atoms with van der Waals surface area (Å²) in [6.45, 7) is 3.93. The highest BCUT2D eigenvalue weighted by Gasteiger charge is 2.42. The third-order valence-corrected chi connectivity index (χ3v) is 5.04. The van der Waals surface area contributed by atoms with Crippen molar-refractivity contribution in [3.63, 3.8) is 0 Å². The summed E-state index contributed by atoms with van der Waals surface area (Å²) in [7, 11) is 0. The summed E-state index contributed by atoms with van der Waals surface area (Å²) in [5, 5.41) is 9.13. The number of carbonyl (C=O) groups excluding carboxylic acids is 1. The highest BCUT2D eigenvalue weighted by molar-refractivity contribution is 8.00. The zero-order valence-corrected chi connectivity index (χ0v) is 12.8. The van der Waals surface area contributed by atoms with Crippen LogP contribution in [0.25, 0.3) is 0 Å². The predicted octanol–water partition coefficient (Wildman–Crippen LogP) is 2.38. The van der Waals surface area contributed by atoms with Gasteiger partial charge in [0.1, 0.15) is 11.9 Å². The summed E-state index contributed by atoms with van der Waals surface area (Å²) in [5.41, 5.74) is 0.559. The molecule has 2 rings (SSSR count). The van der Waals surface area contributed by atoms with Crippen molar-refractivity contribution in [3.05, 3.63) is 35.6 Å². The molecule has 1 aliphatic rings. The first kappa shape index (κ1) is 15.8. The molecule has 4 nitrogen and oxygen atoms in total. The fourth-order valence-electron chi connectivity index (χ4n) is 2.46. The molecule has 2 atom stereocenters. The van der Waals surface area contributed by atoms with Crippen molar-refractivity contribution in [2.24, 2.45) is 5.92 Å². The number of benzene rings is 1. The monoisotopic (exact) mass is 311 g/mol. The van der Waals surface area contributed by atoms with Crippen LogP contribution in [-0.2, 0) is 16.0 Å². The molecule has 0 bridgehead atoms. The van der Waals surface area contributed by atoms with E-state index in [1.807, 2.05) is 13.8 Å². The average Bonchev–Trinajstić information content (AvgIpc) is 2.83. The van der Waals surface area contributed by atoms with Crippen LogP contribution in [0.5, 0.6) is 0 Å². The van der Waals surface area contributed by atoms with Crippen LogP contribution in [0, 0.1) is 11.7 Å². The lowest BCUT2D eigenvalue weighted by Crippen LogP contribution is -2.47. The van der Waals surface area contributed by atoms with Crippen LogP contribution >= 0.6 is 11.8 Å². The van der Waals surface area contributed by atoms with E-state index in [0.717, 1.165) is 0 Å². The molecule has 1 heterocycles. The summed E-state index contributed by atoms with van der Waals surface area (Å²) in [6, 6.07) is 5.04. The standard InChI is InChI=1S/C15H18FNO3S/c1-9(2)14-17(12(8-21-14)15(19)20)13(18)7-10-4-3-5-11(16)6-10/h3-6,9,12,14H,7-8H2,1-2H3,(H,19,20). The van der Waals surface area contributed by atoms with E-state index in [1.54, 1.807) is 12.1 Å². The maximum Gasteiger partial charge on any atom is 0.327 e. The molecule has 1 amide bonds. The molecule has 1 aromatic carbocycles. The molecule has 0 spiro atoms. The molecule has 0 aromatic heterocycles. The van der Waals surface area contributed by atoms with Crippen molar-refractivity contribution in [2.45, 2.75) is 31.7 Å². The lowest BCUT2D eigenvalue weighted by molar-refractivity contribution is -0.149. The van der Waals surface area contributed by atoms with Crippen molar-refractivity contribution >= 4 is 23.6 Å². The van der Waals surface area contributed by atoms with E-state index in [2.05, 4.69) is 0 Å². The summed E-state index contributed by atoms with van der Waals surface area (Å²) >= 11 is 1.49. The van der Waals surface area contributed by atoms with Crippen molar-refractivity contribution in [3.8, 4) is 0 Å². The van der Waals surface area contributed by atoms with Gasteiger partial charge in [0.2, 0.25) is 5.91 Å². The van der Waals surface area contributed by atoms with Gasteiger partial charge in [0.25, 0.3) is 0 Å². The van der Waals surface area contributed by atoms with Crippen LogP contribution < -0.4 is 0 Å². The Labute approximate surface area is 127 Å². The zero-order valence-electron chi connectivity index (χ0n) is 12.0. The molecule has 6 heteroatoms. The molecular formula is C15H18FNO3S. The number of halogens is 1. The maximum atomic E-state index is 13.2. The van der Waals surface area contributed by atoms with Gasteiger partial charge in [-0.25, -0.2) is 9.18 Å². The number of carboxylic acid groups (broad SMARTS) is 1. The van der Waals surface area contributed by atoms with Crippen molar-refractivity contribution in [2.75, 3.05) is 5.75 Å². The Morgan fingerprint density at radius 1 is 1.48 bits per heavy atom. The number of hydrogen-bond acceptors (Lipinski definition) is 3. The maximum absolute atomic E-state index is 13.2. The Morgan fingerprint density at radius 2 is 2.19 bits per heavy atom. The first-order valence-corrected chi connectivity index (χ1v) is 7.85. The number of hydrogen-bond donors (Lipinski definition) is 1. The zero-order chi connectivity index (χ0) is 15.6. The second kappa shape index (κ2) is 6.47. The second-order valence-corrected chi connectivity index (χ2v) is 6.58. The second-order valence-electron chi connectivity index (χ2n) is 5.43. The summed E-state index contributed by atoms with van der Waals surface area (Å²) in [5.74, 6) is -1.09. The number of carboxylic acids is 1. The lowest BCUT2D eigenvalue weighted by atomic mass is 10.1. The Morgan fingerprint density at radius 3 is 2.76 bits per heavy atom. The Balaban J connectivity index is 2.19. The Kier molecular flexibility index (Phi) is 4.88. The minimum atomic E-state index is -0.988. The molecule has 1 saturated heterocycles. The van der Waals surface area contributed by atoms with Gasteiger partial charge < -0.3 is 10.0 Å². The fraction of sp³-hybridized carbons (Fsp3) is 0.467. The van der Waals surface area contributed by atoms with E-state index in [4.69, 9.17) is 0 Å². The van der Waals surface area contributed by atoms with E-state index in [9.17, 15) is 19.1 Å². The average molecular weight is 311 g/mol. The molecule has 0 saturated carbocycles. The minimum Gasteiger partial charge on any atom is -0.480 e. The van der Waals surface area contributed by atoms with Gasteiger partial charge in [-0.3, -0.25) is 4.79 Å². The molecule has 2 unspecified atom stereocenters. The number of carbonyl (C=O) groups is 2. The summed E-state index contributed by atoms with van der Waals surface area (Å²) in [6.07, 6.45) is 0.0192. The van der Waals surface area contributed by atoms with E-state index in [1.165, 1.54) is 28.8 Å². The van der Waals surface area contributed by atoms with E-state index in [0.29, 0.717) is 11.3 Å². The topological polar surface area (TPSA) is 57.6 Å². The molecule has 1 N–H and O–H groups in total. The number of amides is 1. The van der Waals surface area contributed by atoms with Crippen LogP contribution in [0.1, 0.15) is 19.4 Å². The SMILES string of the molecule is CC(C)C1SCC(C(=O)O)N1C(=O)Cc1cccc(F)c1. The van der Waals surface area contributed by atoms with Gasteiger partial charge in [-0.2, -0.15) is 0 Å². The number of nitrogens with zero attached hydrogens (tertiary/aromatic N) is 1. The molecule has 0 aliphatic carbocycles. The van der Waals surface area contributed by atoms with E-state index < -0.39 is 17.8 Å². The minimum absolute atomic E-state index is 0.0192. The van der Waals surface area contributed by atoms with Gasteiger partial charge >= 0.3 is 5.97 Å². The van der Waals surface area contributed by atoms with Gasteiger partial charge in [0.15, 0.2) is 0 Å². The van der Waals surface area contributed by atoms with Crippen LogP contribution in [0.15, 0.2) is 24.3 Å². The molecular weight excluding hydrogens is 293 g/mol. The molecule has 1 fully saturated rings. The molecule has 1 aliphatic heterocycles. The molecule has 1 aromatic rings. The fourth-order valence-corrected chi connectivity index (χ4v) is 3.95. The molecule has 21 heavy (non-hydrogen) atoms. The van der Waals surface area contributed by atoms with Gasteiger partial charge in [0, 0.05) is 5.75 Å². The first-order chi connectivity index (χ1) is 9.90. The third kappa shape index (κ3) is 3.56. The largest absolute Gasteiger partial charge is 0.480 e. The van der Waals surface area contributed by atoms with E-state index in [-0.39, 0.29) is 23.6 Å². The van der Waals surface area contributed by atoms with Crippen molar-refractivity contribution in [1.29, 1.82) is 0 Å². The number of thioether (sulfide) groups is 1. The van der Waals surface area contributed by atoms with Crippen LogP contribution in [-0.4, -0.2) is 39.1 Å². The number of aliphatic carboxylic acids is 1. The van der Waals surface area contributed by atoms with Crippen molar-refractivity contribution in [1.82, 2.24) is 4.90 Å². The van der Waals surface area contributed by atoms with Crippen LogP contribution in [0.4, 0.5) is 4.39 Å². The highest BCUT2D eigenvalue weighted by Crippen LogP contribution is 2.34. The quantitative estimate of drug-likeness (QED) is 0.927. The van der Waals surface area contributed by atoms with Crippen LogP contribution in [0.3, 0.4) is 0 Å². The van der Waals surface area contributed by atoms with Crippen LogP contribution in [0.2, 0.25) is 0 Å². The third-order valence-electron chi connectivity index (χ3n) is 3.42. The summed E-state index contributed by atoms with van der Waals surface area (Å²) in [4.78, 5) is 25.3. The van der Waals surface area contributed by atoms with Crippen molar-refractivity contribution < 1.29 is 19.1 Å². The Bertz CT molecular complexity index is 549. The summed E-state index contributed by atoms with van der Waals surface area (Å²) < 4.78 is 13.2. The Hall–Kier alpha value is -1.56. The van der Waals surface area contributed by atoms with Gasteiger partial charge in [-0.15, -0.1) is 11.8 Å². The van der Waals surface area contributed by atoms with Gasteiger partial charge in [-0.1, -0.05) is 26.0 Å². The lowest BCUT2D eigenvalue weighted by Gasteiger charge is -2.29. The van der Waals surface area contributed by atoms with E-state index >= 15 is 0 Å². The smallest absolute Gasteiger partial charge is 0.327 e. The van der Waals surface area contributed by atoms with Gasteiger partial charge in [-0.05, 0) is 23.6 Å². The number of rotatable bonds is 4. The molecule has 114 valence electrons. The first-order valence-electron chi connectivity index (χ1n) is 6.80. The predicted molar refractivity (Wildman–Crippen MR) is 79.5 cm³/mol. The normalized spacial score (nSPS) is 21.8. The highest BCUT2D eigenvalue weighted by atomic mass is 32.2.